The Hall–Kier alpha value is -2.77. The number of aromatic hydroxyl groups is 1. The van der Waals surface area contributed by atoms with Crippen molar-refractivity contribution in [3.63, 3.8) is 0 Å². The van der Waals surface area contributed by atoms with Gasteiger partial charge in [0.05, 0.1) is 5.39 Å². The summed E-state index contributed by atoms with van der Waals surface area (Å²) in [6, 6.07) is 4.91. The van der Waals surface area contributed by atoms with E-state index in [1.54, 1.807) is 47.0 Å². The van der Waals surface area contributed by atoms with Gasteiger partial charge in [-0.1, -0.05) is 19.0 Å². The molecule has 0 saturated heterocycles. The highest BCUT2D eigenvalue weighted by Gasteiger charge is 2.23. The van der Waals surface area contributed by atoms with E-state index >= 15 is 0 Å². The summed E-state index contributed by atoms with van der Waals surface area (Å²) >= 11 is 0. The molecule has 0 aliphatic carbocycles. The van der Waals surface area contributed by atoms with Crippen molar-refractivity contribution in [2.45, 2.75) is 33.2 Å². The molecule has 1 amide bonds. The van der Waals surface area contributed by atoms with Crippen LogP contribution in [0.5, 0.6) is 5.75 Å². The molecule has 131 valence electrons. The second-order valence-corrected chi connectivity index (χ2v) is 6.39. The topological polar surface area (TPSA) is 106 Å². The minimum atomic E-state index is -0.985. The lowest BCUT2D eigenvalue weighted by molar-refractivity contribution is -0.153. The molecule has 0 bridgehead atoms. The first-order chi connectivity index (χ1) is 11.6. The van der Waals surface area contributed by atoms with Crippen molar-refractivity contribution in [3.05, 3.63) is 34.2 Å². The molecule has 1 radical (unpaired) electrons. The van der Waals surface area contributed by atoms with E-state index in [9.17, 15) is 19.5 Å². The lowest BCUT2D eigenvalue weighted by Gasteiger charge is -2.19. The summed E-state index contributed by atoms with van der Waals surface area (Å²) in [5.41, 5.74) is -1.42. The monoisotopic (exact) mass is 344 g/mol. The van der Waals surface area contributed by atoms with Gasteiger partial charge in [-0.05, 0) is 32.3 Å². The van der Waals surface area contributed by atoms with Gasteiger partial charge in [0.1, 0.15) is 23.5 Å². The van der Waals surface area contributed by atoms with Gasteiger partial charge in [0.15, 0.2) is 12.8 Å². The van der Waals surface area contributed by atoms with Gasteiger partial charge in [-0.25, -0.2) is 4.79 Å². The van der Waals surface area contributed by atoms with Crippen LogP contribution in [0.2, 0.25) is 6.82 Å². The Morgan fingerprint density at radius 1 is 1.32 bits per heavy atom. The largest absolute Gasteiger partial charge is 0.506 e. The molecule has 0 saturated carbocycles. The first-order valence-corrected chi connectivity index (χ1v) is 7.72. The van der Waals surface area contributed by atoms with E-state index in [1.165, 1.54) is 6.07 Å². The van der Waals surface area contributed by atoms with Crippen LogP contribution in [0.3, 0.4) is 0 Å². The molecule has 2 N–H and O–H groups in total. The summed E-state index contributed by atoms with van der Waals surface area (Å²) < 4.78 is 10.2. The van der Waals surface area contributed by atoms with Crippen molar-refractivity contribution in [1.29, 1.82) is 0 Å². The highest BCUT2D eigenvalue weighted by atomic mass is 16.6. The van der Waals surface area contributed by atoms with Crippen LogP contribution < -0.4 is 16.4 Å². The SMILES string of the molecule is C[B]c1cccc2c(O)c(C(=O)NCC(=O)OC(C)(C)C)c(=O)oc12. The third-order valence-corrected chi connectivity index (χ3v) is 3.29. The van der Waals surface area contributed by atoms with E-state index < -0.39 is 41.0 Å². The molecule has 0 aliphatic heterocycles. The number of fused-ring (bicyclic) bond motifs is 1. The van der Waals surface area contributed by atoms with Crippen molar-refractivity contribution in [1.82, 2.24) is 5.32 Å². The number of amides is 1. The van der Waals surface area contributed by atoms with Crippen molar-refractivity contribution in [2.24, 2.45) is 0 Å². The molecule has 25 heavy (non-hydrogen) atoms. The van der Waals surface area contributed by atoms with Crippen LogP contribution in [-0.4, -0.2) is 36.4 Å². The Bertz CT molecular complexity index is 881. The highest BCUT2D eigenvalue weighted by Crippen LogP contribution is 2.25. The summed E-state index contributed by atoms with van der Waals surface area (Å²) in [7, 11) is 1.72. The van der Waals surface area contributed by atoms with Gasteiger partial charge >= 0.3 is 11.6 Å². The van der Waals surface area contributed by atoms with E-state index in [2.05, 4.69) is 5.32 Å². The van der Waals surface area contributed by atoms with Gasteiger partial charge in [0, 0.05) is 0 Å². The van der Waals surface area contributed by atoms with E-state index in [-0.39, 0.29) is 11.0 Å². The number of ether oxygens (including phenoxy) is 1. The van der Waals surface area contributed by atoms with Gasteiger partial charge in [-0.15, -0.1) is 0 Å². The summed E-state index contributed by atoms with van der Waals surface area (Å²) in [6.45, 7) is 6.40. The van der Waals surface area contributed by atoms with Crippen LogP contribution in [0, 0.1) is 0 Å². The number of hydrogen-bond donors (Lipinski definition) is 2. The van der Waals surface area contributed by atoms with Gasteiger partial charge in [-0.2, -0.15) is 0 Å². The second kappa shape index (κ2) is 7.00. The summed E-state index contributed by atoms with van der Waals surface area (Å²) in [5, 5.41) is 12.8. The predicted octanol–water partition coefficient (Wildman–Crippen LogP) is 0.948. The Morgan fingerprint density at radius 2 is 2.00 bits per heavy atom. The molecule has 7 nitrogen and oxygen atoms in total. The normalized spacial score (nSPS) is 11.2. The van der Waals surface area contributed by atoms with Crippen LogP contribution in [0.25, 0.3) is 11.0 Å². The zero-order valence-electron chi connectivity index (χ0n) is 14.5. The van der Waals surface area contributed by atoms with E-state index in [1.807, 2.05) is 0 Å². The predicted molar refractivity (Wildman–Crippen MR) is 93.6 cm³/mol. The first-order valence-electron chi connectivity index (χ1n) is 7.72. The summed E-state index contributed by atoms with van der Waals surface area (Å²) in [5.74, 6) is -2.06. The number of hydrogen-bond acceptors (Lipinski definition) is 6. The van der Waals surface area contributed by atoms with Gasteiger partial charge in [0.2, 0.25) is 0 Å². The average molecular weight is 344 g/mol. The molecule has 2 aromatic rings. The first kappa shape index (κ1) is 18.6. The molecule has 0 spiro atoms. The standard InChI is InChI=1S/C17H19BNO6/c1-17(2,3)25-11(20)8-19-15(22)12-13(21)9-6-5-7-10(18-4)14(9)24-16(12)23/h5-7,21H,8H2,1-4H3,(H,19,22). The Morgan fingerprint density at radius 3 is 2.60 bits per heavy atom. The fourth-order valence-corrected chi connectivity index (χ4v) is 2.28. The lowest BCUT2D eigenvalue weighted by Crippen LogP contribution is -2.36. The van der Waals surface area contributed by atoms with Crippen LogP contribution in [0.1, 0.15) is 31.1 Å². The van der Waals surface area contributed by atoms with Crippen molar-refractivity contribution < 1.29 is 23.8 Å². The summed E-state index contributed by atoms with van der Waals surface area (Å²) in [4.78, 5) is 36.0. The zero-order valence-corrected chi connectivity index (χ0v) is 14.5. The van der Waals surface area contributed by atoms with E-state index in [0.29, 0.717) is 5.46 Å². The Balaban J connectivity index is 2.30. The zero-order chi connectivity index (χ0) is 18.8. The number of carbonyl (C=O) groups is 2. The average Bonchev–Trinajstić information content (AvgIpc) is 2.51. The van der Waals surface area contributed by atoms with Gasteiger partial charge in [0.25, 0.3) is 5.91 Å². The van der Waals surface area contributed by atoms with Crippen LogP contribution in [0.15, 0.2) is 27.4 Å². The van der Waals surface area contributed by atoms with Crippen molar-refractivity contribution in [2.75, 3.05) is 6.54 Å². The summed E-state index contributed by atoms with van der Waals surface area (Å²) in [6.07, 6.45) is 0. The highest BCUT2D eigenvalue weighted by molar-refractivity contribution is 6.55. The van der Waals surface area contributed by atoms with Gasteiger partial charge in [-0.3, -0.25) is 9.59 Å². The molecule has 0 fully saturated rings. The molecule has 0 unspecified atom stereocenters. The third-order valence-electron chi connectivity index (χ3n) is 3.29. The van der Waals surface area contributed by atoms with Crippen LogP contribution in [0.4, 0.5) is 0 Å². The van der Waals surface area contributed by atoms with E-state index in [0.717, 1.165) is 0 Å². The number of rotatable bonds is 4. The van der Waals surface area contributed by atoms with E-state index in [4.69, 9.17) is 9.15 Å². The van der Waals surface area contributed by atoms with Crippen molar-refractivity contribution in [3.8, 4) is 5.75 Å². The molecule has 0 aliphatic rings. The quantitative estimate of drug-likeness (QED) is 0.486. The number of para-hydroxylation sites is 1. The maximum Gasteiger partial charge on any atom is 0.353 e. The van der Waals surface area contributed by atoms with Crippen LogP contribution >= 0.6 is 0 Å². The molecular formula is C17H19BNO6. The molecule has 0 atom stereocenters. The lowest BCUT2D eigenvalue weighted by atomic mass is 9.72. The van der Waals surface area contributed by atoms with Crippen LogP contribution in [-0.2, 0) is 9.53 Å². The molecule has 1 aromatic carbocycles. The maximum absolute atomic E-state index is 12.2. The fraction of sp³-hybridized carbons (Fsp3) is 0.353. The smallest absolute Gasteiger partial charge is 0.353 e. The Labute approximate surface area is 145 Å². The molecule has 8 heteroatoms. The third kappa shape index (κ3) is 4.20. The minimum Gasteiger partial charge on any atom is -0.506 e. The number of nitrogens with one attached hydrogen (secondary N) is 1. The molecule has 2 rings (SSSR count). The fourth-order valence-electron chi connectivity index (χ4n) is 2.28. The number of benzene rings is 1. The molecular weight excluding hydrogens is 325 g/mol. The maximum atomic E-state index is 12.2. The van der Waals surface area contributed by atoms with Gasteiger partial charge < -0.3 is 19.6 Å². The second-order valence-electron chi connectivity index (χ2n) is 6.39. The number of esters is 1. The Kier molecular flexibility index (Phi) is 5.20. The van der Waals surface area contributed by atoms with Crippen molar-refractivity contribution >= 4 is 35.6 Å². The molecule has 1 heterocycles. The minimum absolute atomic E-state index is 0.191. The molecule has 1 aromatic heterocycles. The number of carbonyl (C=O) groups excluding carboxylic acids is 2.